The van der Waals surface area contributed by atoms with Crippen LogP contribution in [-0.4, -0.2) is 56.8 Å². The van der Waals surface area contributed by atoms with Crippen molar-refractivity contribution >= 4 is 21.8 Å². The van der Waals surface area contributed by atoms with Crippen molar-refractivity contribution in [3.05, 3.63) is 53.8 Å². The van der Waals surface area contributed by atoms with E-state index in [1.165, 1.54) is 24.6 Å². The molecule has 0 atom stereocenters. The number of nitrogens with one attached hydrogen (secondary N) is 1. The molecule has 3 rings (SSSR count). The molecule has 0 aromatic heterocycles. The summed E-state index contributed by atoms with van der Waals surface area (Å²) in [5.41, 5.74) is 0.691. The quantitative estimate of drug-likeness (QED) is 0.718. The molecule has 1 amide bonds. The van der Waals surface area contributed by atoms with Crippen molar-refractivity contribution in [3.63, 3.8) is 0 Å². The monoisotopic (exact) mass is 437 g/mol. The zero-order valence-corrected chi connectivity index (χ0v) is 17.6. The van der Waals surface area contributed by atoms with Gasteiger partial charge in [0.2, 0.25) is 5.91 Å². The zero-order chi connectivity index (χ0) is 21.7. The van der Waals surface area contributed by atoms with Gasteiger partial charge in [-0.25, -0.2) is 4.39 Å². The van der Waals surface area contributed by atoms with E-state index in [1.54, 1.807) is 36.4 Å². The molecule has 0 aliphatic carbocycles. The number of hydrogen-bond donors (Lipinski definition) is 1. The van der Waals surface area contributed by atoms with Crippen LogP contribution in [0.25, 0.3) is 0 Å². The third-order valence-corrected chi connectivity index (χ3v) is 6.70. The number of anilines is 1. The molecule has 1 fully saturated rings. The predicted octanol–water partition coefficient (Wildman–Crippen LogP) is 2.23. The fourth-order valence-electron chi connectivity index (χ4n) is 3.21. The Morgan fingerprint density at radius 3 is 2.53 bits per heavy atom. The Balaban J connectivity index is 1.70. The second kappa shape index (κ2) is 9.41. The van der Waals surface area contributed by atoms with Crippen LogP contribution in [-0.2, 0) is 21.5 Å². The first-order valence-electron chi connectivity index (χ1n) is 9.35. The third-order valence-electron chi connectivity index (χ3n) is 4.77. The minimum absolute atomic E-state index is 0.0839. The van der Waals surface area contributed by atoms with Gasteiger partial charge in [0.1, 0.15) is 17.3 Å². The number of ether oxygens (including phenoxy) is 2. The van der Waals surface area contributed by atoms with Crippen molar-refractivity contribution < 1.29 is 27.1 Å². The minimum Gasteiger partial charge on any atom is -0.497 e. The summed E-state index contributed by atoms with van der Waals surface area (Å²) in [6, 6.07) is 10.9. The molecule has 0 saturated carbocycles. The van der Waals surface area contributed by atoms with Gasteiger partial charge in [-0.15, -0.1) is 0 Å². The molecular formula is C20H24FN3O5S. The van der Waals surface area contributed by atoms with Crippen LogP contribution in [0.5, 0.6) is 11.5 Å². The molecule has 10 heteroatoms. The van der Waals surface area contributed by atoms with E-state index < -0.39 is 21.9 Å². The lowest BCUT2D eigenvalue weighted by Crippen LogP contribution is -2.51. The molecule has 0 radical (unpaired) electrons. The van der Waals surface area contributed by atoms with Crippen LogP contribution in [0.4, 0.5) is 10.1 Å². The van der Waals surface area contributed by atoms with Crippen LogP contribution in [0.3, 0.4) is 0 Å². The Morgan fingerprint density at radius 1 is 1.10 bits per heavy atom. The second-order valence-electron chi connectivity index (χ2n) is 6.73. The normalized spacial score (nSPS) is 16.8. The molecule has 0 bridgehead atoms. The summed E-state index contributed by atoms with van der Waals surface area (Å²) < 4.78 is 52.5. The summed E-state index contributed by atoms with van der Waals surface area (Å²) in [6.45, 7) is 0.0368. The number of methoxy groups -OCH3 is 2. The van der Waals surface area contributed by atoms with Crippen molar-refractivity contribution in [2.75, 3.05) is 39.2 Å². The van der Waals surface area contributed by atoms with Crippen LogP contribution in [0.15, 0.2) is 42.5 Å². The Hall–Kier alpha value is -2.69. The van der Waals surface area contributed by atoms with Crippen LogP contribution in [0.2, 0.25) is 0 Å². The smallest absolute Gasteiger partial charge is 0.282 e. The Bertz CT molecular complexity index is 1020. The van der Waals surface area contributed by atoms with Crippen LogP contribution >= 0.6 is 0 Å². The van der Waals surface area contributed by atoms with Crippen molar-refractivity contribution in [1.29, 1.82) is 0 Å². The molecule has 0 unspecified atom stereocenters. The van der Waals surface area contributed by atoms with Gasteiger partial charge in [0.05, 0.1) is 26.5 Å². The van der Waals surface area contributed by atoms with Crippen molar-refractivity contribution in [2.24, 2.45) is 0 Å². The van der Waals surface area contributed by atoms with Crippen LogP contribution in [0, 0.1) is 5.82 Å². The van der Waals surface area contributed by atoms with Crippen molar-refractivity contribution in [3.8, 4) is 11.5 Å². The van der Waals surface area contributed by atoms with Gasteiger partial charge in [0.25, 0.3) is 10.2 Å². The summed E-state index contributed by atoms with van der Waals surface area (Å²) in [5.74, 6) is -0.0124. The Morgan fingerprint density at radius 2 is 1.83 bits per heavy atom. The molecule has 1 saturated heterocycles. The maximum atomic E-state index is 14.0. The SMILES string of the molecule is COc1ccc(NC(=O)CN2CCCN(Cc3ccccc3F)S2(=O)=O)c(OC)c1. The molecule has 1 N–H and O–H groups in total. The number of carbonyl (C=O) groups excluding carboxylic acids is 1. The number of amides is 1. The summed E-state index contributed by atoms with van der Waals surface area (Å²) >= 11 is 0. The Labute approximate surface area is 175 Å². The number of nitrogens with zero attached hydrogens (tertiary/aromatic N) is 2. The van der Waals surface area contributed by atoms with E-state index in [0.717, 1.165) is 4.31 Å². The summed E-state index contributed by atoms with van der Waals surface area (Å²) in [5, 5.41) is 2.67. The predicted molar refractivity (Wildman–Crippen MR) is 110 cm³/mol. The topological polar surface area (TPSA) is 88.2 Å². The largest absolute Gasteiger partial charge is 0.497 e. The average molecular weight is 437 g/mol. The highest BCUT2D eigenvalue weighted by atomic mass is 32.2. The van der Waals surface area contributed by atoms with Crippen LogP contribution < -0.4 is 14.8 Å². The molecule has 0 spiro atoms. The van der Waals surface area contributed by atoms with E-state index in [0.29, 0.717) is 23.6 Å². The summed E-state index contributed by atoms with van der Waals surface area (Å²) in [7, 11) is -0.931. The lowest BCUT2D eigenvalue weighted by Gasteiger charge is -2.34. The van der Waals surface area contributed by atoms with Crippen molar-refractivity contribution in [2.45, 2.75) is 13.0 Å². The average Bonchev–Trinajstić information content (AvgIpc) is 2.73. The summed E-state index contributed by atoms with van der Waals surface area (Å²) in [6.07, 6.45) is 0.535. The molecular weight excluding hydrogens is 413 g/mol. The molecule has 30 heavy (non-hydrogen) atoms. The third kappa shape index (κ3) is 4.89. The number of halogens is 1. The van der Waals surface area contributed by atoms with E-state index >= 15 is 0 Å². The van der Waals surface area contributed by atoms with E-state index in [2.05, 4.69) is 5.32 Å². The first kappa shape index (κ1) is 22.0. The fraction of sp³-hybridized carbons (Fsp3) is 0.350. The van der Waals surface area contributed by atoms with E-state index in [-0.39, 0.29) is 31.7 Å². The molecule has 162 valence electrons. The maximum absolute atomic E-state index is 14.0. The highest BCUT2D eigenvalue weighted by Crippen LogP contribution is 2.29. The second-order valence-corrected chi connectivity index (χ2v) is 8.66. The maximum Gasteiger partial charge on any atom is 0.282 e. The van der Waals surface area contributed by atoms with Gasteiger partial charge in [-0.1, -0.05) is 18.2 Å². The number of benzene rings is 2. The number of carbonyl (C=O) groups is 1. The standard InChI is InChI=1S/C20H24FN3O5S/c1-28-16-8-9-18(19(12-16)29-2)22-20(25)14-24-11-5-10-23(30(24,26)27)13-15-6-3-4-7-17(15)21/h3-4,6-9,12H,5,10-11,13-14H2,1-2H3,(H,22,25). The van der Waals surface area contributed by atoms with E-state index in [9.17, 15) is 17.6 Å². The first-order chi connectivity index (χ1) is 14.3. The highest BCUT2D eigenvalue weighted by molar-refractivity contribution is 7.86. The minimum atomic E-state index is -3.91. The van der Waals surface area contributed by atoms with Crippen LogP contribution in [0.1, 0.15) is 12.0 Å². The first-order valence-corrected chi connectivity index (χ1v) is 10.8. The van der Waals surface area contributed by atoms with Gasteiger partial charge in [-0.2, -0.15) is 17.0 Å². The zero-order valence-electron chi connectivity index (χ0n) is 16.8. The van der Waals surface area contributed by atoms with E-state index in [1.807, 2.05) is 0 Å². The molecule has 8 nitrogen and oxygen atoms in total. The van der Waals surface area contributed by atoms with Gasteiger partial charge in [-0.05, 0) is 24.6 Å². The Kier molecular flexibility index (Phi) is 6.91. The van der Waals surface area contributed by atoms with Crippen molar-refractivity contribution in [1.82, 2.24) is 8.61 Å². The van der Waals surface area contributed by atoms with Gasteiger partial charge < -0.3 is 14.8 Å². The molecule has 2 aromatic rings. The lowest BCUT2D eigenvalue weighted by molar-refractivity contribution is -0.116. The highest BCUT2D eigenvalue weighted by Gasteiger charge is 2.35. The fourth-order valence-corrected chi connectivity index (χ4v) is 4.84. The molecule has 2 aromatic carbocycles. The number of rotatable bonds is 7. The van der Waals surface area contributed by atoms with Gasteiger partial charge in [0.15, 0.2) is 0 Å². The molecule has 1 aliphatic rings. The molecule has 1 heterocycles. The van der Waals surface area contributed by atoms with Gasteiger partial charge in [-0.3, -0.25) is 4.79 Å². The lowest BCUT2D eigenvalue weighted by atomic mass is 10.2. The number of hydrogen-bond acceptors (Lipinski definition) is 5. The van der Waals surface area contributed by atoms with Gasteiger partial charge in [0, 0.05) is 31.3 Å². The molecule has 1 aliphatic heterocycles. The van der Waals surface area contributed by atoms with E-state index in [4.69, 9.17) is 9.47 Å². The summed E-state index contributed by atoms with van der Waals surface area (Å²) in [4.78, 5) is 12.5. The van der Waals surface area contributed by atoms with Gasteiger partial charge >= 0.3 is 0 Å².